The molecule has 0 spiro atoms. The van der Waals surface area contributed by atoms with Crippen LogP contribution < -0.4 is 24.8 Å². The number of nitriles is 1. The number of piperidine rings is 1. The maximum Gasteiger partial charge on any atom is 0.417 e. The second-order valence-electron chi connectivity index (χ2n) is 13.9. The number of nitrogens with zero attached hydrogens (tertiary/aromatic N) is 6. The molecule has 15 heteroatoms. The van der Waals surface area contributed by atoms with Gasteiger partial charge in [-0.05, 0) is 86.5 Å². The molecule has 3 fully saturated rings. The normalized spacial score (nSPS) is 19.6. The number of hydrogen-bond donors (Lipinski definition) is 1. The van der Waals surface area contributed by atoms with Crippen LogP contribution in [-0.2, 0) is 15.8 Å². The Morgan fingerprint density at radius 2 is 1.33 bits per heavy atom. The van der Waals surface area contributed by atoms with Crippen LogP contribution >= 0.6 is 0 Å². The lowest BCUT2D eigenvalue weighted by atomic mass is 10.0. The Balaban J connectivity index is 0.811. The van der Waals surface area contributed by atoms with Crippen molar-refractivity contribution < 1.29 is 37.1 Å². The molecule has 4 amide bonds. The van der Waals surface area contributed by atoms with Gasteiger partial charge in [0.25, 0.3) is 11.8 Å². The van der Waals surface area contributed by atoms with E-state index in [0.717, 1.165) is 73.7 Å². The van der Waals surface area contributed by atoms with E-state index in [2.05, 4.69) is 20.0 Å². The van der Waals surface area contributed by atoms with Crippen molar-refractivity contribution in [1.82, 2.24) is 15.1 Å². The Hall–Kier alpha value is -5.62. The maximum atomic E-state index is 13.4. The number of fused-ring (bicyclic) bond motifs is 1. The minimum absolute atomic E-state index is 0.0796. The number of hydrogen-bond acceptors (Lipinski definition) is 10. The molecule has 0 aliphatic carbocycles. The van der Waals surface area contributed by atoms with Crippen molar-refractivity contribution in [2.75, 3.05) is 80.2 Å². The average Bonchev–Trinajstić information content (AvgIpc) is 3.42. The van der Waals surface area contributed by atoms with E-state index in [4.69, 9.17) is 10.00 Å². The molecule has 0 saturated carbocycles. The zero-order valence-electron chi connectivity index (χ0n) is 29.6. The molecule has 282 valence electrons. The second-order valence-corrected chi connectivity index (χ2v) is 13.9. The van der Waals surface area contributed by atoms with E-state index >= 15 is 0 Å². The molecule has 54 heavy (non-hydrogen) atoms. The predicted molar refractivity (Wildman–Crippen MR) is 194 cm³/mol. The Kier molecular flexibility index (Phi) is 10.5. The minimum Gasteiger partial charge on any atom is -0.494 e. The number of ether oxygens (including phenoxy) is 1. The quantitative estimate of drug-likeness (QED) is 0.237. The van der Waals surface area contributed by atoms with E-state index in [1.165, 1.54) is 6.07 Å². The van der Waals surface area contributed by atoms with Gasteiger partial charge in [0.2, 0.25) is 11.8 Å². The summed E-state index contributed by atoms with van der Waals surface area (Å²) in [7, 11) is 0. The highest BCUT2D eigenvalue weighted by molar-refractivity contribution is 6.23. The summed E-state index contributed by atoms with van der Waals surface area (Å²) in [4.78, 5) is 59.9. The smallest absolute Gasteiger partial charge is 0.417 e. The Bertz CT molecular complexity index is 1970. The van der Waals surface area contributed by atoms with Crippen LogP contribution in [-0.4, -0.2) is 105 Å². The summed E-state index contributed by atoms with van der Waals surface area (Å²) in [5, 5.41) is 11.3. The number of benzene rings is 3. The van der Waals surface area contributed by atoms with Crippen molar-refractivity contribution in [2.24, 2.45) is 0 Å². The molecule has 12 nitrogen and oxygen atoms in total. The molecule has 0 aromatic heterocycles. The van der Waals surface area contributed by atoms with Gasteiger partial charge in [0.1, 0.15) is 11.8 Å². The first-order chi connectivity index (χ1) is 26.0. The van der Waals surface area contributed by atoms with Crippen LogP contribution in [0.2, 0.25) is 0 Å². The summed E-state index contributed by atoms with van der Waals surface area (Å²) < 4.78 is 46.3. The Labute approximate surface area is 310 Å². The van der Waals surface area contributed by atoms with E-state index in [-0.39, 0.29) is 29.5 Å². The number of anilines is 3. The van der Waals surface area contributed by atoms with Crippen molar-refractivity contribution in [3.63, 3.8) is 0 Å². The van der Waals surface area contributed by atoms with Crippen molar-refractivity contribution in [1.29, 1.82) is 5.26 Å². The van der Waals surface area contributed by atoms with Crippen LogP contribution in [0.25, 0.3) is 0 Å². The fraction of sp³-hybridized carbons (Fsp3) is 0.410. The monoisotopic (exact) mass is 743 g/mol. The summed E-state index contributed by atoms with van der Waals surface area (Å²) in [5.74, 6) is -1.26. The summed E-state index contributed by atoms with van der Waals surface area (Å²) in [6.07, 6.45) is -2.52. The fourth-order valence-electron chi connectivity index (χ4n) is 7.55. The van der Waals surface area contributed by atoms with Gasteiger partial charge in [0, 0.05) is 75.8 Å². The van der Waals surface area contributed by atoms with E-state index in [9.17, 15) is 32.3 Å². The van der Waals surface area contributed by atoms with Gasteiger partial charge in [0.15, 0.2) is 0 Å². The zero-order chi connectivity index (χ0) is 38.0. The molecule has 1 N–H and O–H groups in total. The van der Waals surface area contributed by atoms with Crippen LogP contribution in [0.1, 0.15) is 57.5 Å². The summed E-state index contributed by atoms with van der Waals surface area (Å²) >= 11 is 0. The lowest BCUT2D eigenvalue weighted by molar-refractivity contribution is -0.138. The van der Waals surface area contributed by atoms with Gasteiger partial charge >= 0.3 is 6.18 Å². The predicted octanol–water partition coefficient (Wildman–Crippen LogP) is 4.29. The van der Waals surface area contributed by atoms with E-state index in [1.807, 2.05) is 35.2 Å². The Morgan fingerprint density at radius 3 is 1.98 bits per heavy atom. The molecule has 1 atom stereocenters. The molecule has 0 radical (unpaired) electrons. The summed E-state index contributed by atoms with van der Waals surface area (Å²) in [6, 6.07) is 17.6. The van der Waals surface area contributed by atoms with Crippen molar-refractivity contribution in [3.8, 4) is 11.8 Å². The van der Waals surface area contributed by atoms with Gasteiger partial charge in [-0.25, -0.2) is 0 Å². The van der Waals surface area contributed by atoms with Crippen LogP contribution in [0.4, 0.5) is 30.2 Å². The highest BCUT2D eigenvalue weighted by atomic mass is 19.4. The molecule has 4 heterocycles. The highest BCUT2D eigenvalue weighted by Gasteiger charge is 2.45. The number of carbonyl (C=O) groups is 4. The topological polar surface area (TPSA) is 130 Å². The van der Waals surface area contributed by atoms with Crippen LogP contribution in [0.3, 0.4) is 0 Å². The van der Waals surface area contributed by atoms with Crippen molar-refractivity contribution in [2.45, 2.75) is 37.9 Å². The largest absolute Gasteiger partial charge is 0.494 e. The first-order valence-electron chi connectivity index (χ1n) is 18.2. The number of rotatable bonds is 10. The molecule has 7 rings (SSSR count). The molecular weight excluding hydrogens is 703 g/mol. The fourth-order valence-corrected chi connectivity index (χ4v) is 7.55. The number of imide groups is 2. The summed E-state index contributed by atoms with van der Waals surface area (Å²) in [5.41, 5.74) is 1.61. The third-order valence-electron chi connectivity index (χ3n) is 10.6. The first-order valence-corrected chi connectivity index (χ1v) is 18.2. The van der Waals surface area contributed by atoms with E-state index in [1.54, 1.807) is 24.3 Å². The van der Waals surface area contributed by atoms with Gasteiger partial charge in [-0.15, -0.1) is 0 Å². The number of nitrogens with one attached hydrogen (secondary N) is 1. The zero-order valence-corrected chi connectivity index (χ0v) is 29.6. The molecule has 4 aliphatic rings. The third-order valence-corrected chi connectivity index (χ3v) is 10.6. The third kappa shape index (κ3) is 7.70. The molecular formula is C39H40F3N7O5. The standard InChI is InChI=1S/C39H40F3N7O5/c40-39(41,42)33-24-29(4-3-26(33)25-43)48-20-18-46(19-21-48)27-5-8-30(9-6-27)54-22-2-1-13-45-14-16-47(17-15-45)28-7-10-31-32(23-28)38(53)49(37(31)52)34-11-12-35(50)44-36(34)51/h3-10,23-24,34H,1-2,11-22H2,(H,44,50,51). The number of carbonyl (C=O) groups excluding carboxylic acids is 4. The van der Waals surface area contributed by atoms with Gasteiger partial charge < -0.3 is 19.4 Å². The van der Waals surface area contributed by atoms with Gasteiger partial charge in [-0.1, -0.05) is 0 Å². The minimum atomic E-state index is -4.58. The molecule has 0 bridgehead atoms. The van der Waals surface area contributed by atoms with E-state index < -0.39 is 41.4 Å². The lowest BCUT2D eigenvalue weighted by Crippen LogP contribution is -2.54. The highest BCUT2D eigenvalue weighted by Crippen LogP contribution is 2.35. The molecule has 1 unspecified atom stereocenters. The van der Waals surface area contributed by atoms with Crippen molar-refractivity contribution >= 4 is 40.7 Å². The number of amides is 4. The lowest BCUT2D eigenvalue weighted by Gasteiger charge is -2.37. The SMILES string of the molecule is N#Cc1ccc(N2CCN(c3ccc(OCCCCN4CCN(c5ccc6c(c5)C(=O)N(C5CCC(=O)NC5=O)C6=O)CC4)cc3)CC2)cc1C(F)(F)F. The van der Waals surface area contributed by atoms with Crippen LogP contribution in [0.15, 0.2) is 60.7 Å². The van der Waals surface area contributed by atoms with Gasteiger partial charge in [0.05, 0.1) is 34.9 Å². The average molecular weight is 744 g/mol. The summed E-state index contributed by atoms with van der Waals surface area (Å²) in [6.45, 7) is 7.16. The van der Waals surface area contributed by atoms with Crippen LogP contribution in [0.5, 0.6) is 5.75 Å². The van der Waals surface area contributed by atoms with E-state index in [0.29, 0.717) is 38.5 Å². The molecule has 3 aromatic rings. The second kappa shape index (κ2) is 15.4. The maximum absolute atomic E-state index is 13.4. The molecule has 4 aliphatic heterocycles. The number of halogens is 3. The first kappa shape index (κ1) is 36.7. The van der Waals surface area contributed by atoms with Gasteiger partial charge in [-0.3, -0.25) is 34.3 Å². The van der Waals surface area contributed by atoms with Gasteiger partial charge in [-0.2, -0.15) is 18.4 Å². The molecule has 3 saturated heterocycles. The Morgan fingerprint density at radius 1 is 0.741 bits per heavy atom. The molecule has 3 aromatic carbocycles. The number of piperazine rings is 2. The van der Waals surface area contributed by atoms with Crippen molar-refractivity contribution in [3.05, 3.63) is 82.9 Å². The van der Waals surface area contributed by atoms with Crippen LogP contribution in [0, 0.1) is 11.3 Å². The number of unbranched alkanes of at least 4 members (excludes halogenated alkanes) is 1. The number of alkyl halides is 3.